The average molecular weight is 290 g/mol. The molecule has 0 amide bonds. The molecule has 1 aliphatic rings. The number of hydrogen-bond donors (Lipinski definition) is 1. The third kappa shape index (κ3) is 5.24. The van der Waals surface area contributed by atoms with Crippen LogP contribution in [0.15, 0.2) is 18.2 Å². The SMILES string of the molecule is CCCCCCCOc1ccc(N2CCNCC2)c(C)c1. The number of aryl methyl sites for hydroxylation is 1. The Bertz CT molecular complexity index is 414. The first-order chi connectivity index (χ1) is 10.3. The van der Waals surface area contributed by atoms with E-state index >= 15 is 0 Å². The van der Waals surface area contributed by atoms with E-state index in [1.54, 1.807) is 0 Å². The summed E-state index contributed by atoms with van der Waals surface area (Å²) in [5, 5.41) is 3.40. The van der Waals surface area contributed by atoms with Gasteiger partial charge in [0.2, 0.25) is 0 Å². The summed E-state index contributed by atoms with van der Waals surface area (Å²) in [6.45, 7) is 9.63. The molecule has 118 valence electrons. The lowest BCUT2D eigenvalue weighted by Crippen LogP contribution is -2.43. The Hall–Kier alpha value is -1.22. The van der Waals surface area contributed by atoms with Crippen LogP contribution in [0.5, 0.6) is 5.75 Å². The van der Waals surface area contributed by atoms with E-state index in [1.807, 2.05) is 0 Å². The first-order valence-electron chi connectivity index (χ1n) is 8.50. The van der Waals surface area contributed by atoms with Crippen molar-refractivity contribution in [2.24, 2.45) is 0 Å². The number of anilines is 1. The molecule has 3 nitrogen and oxygen atoms in total. The molecule has 0 bridgehead atoms. The quantitative estimate of drug-likeness (QED) is 0.738. The molecule has 1 saturated heterocycles. The summed E-state index contributed by atoms with van der Waals surface area (Å²) in [6, 6.07) is 6.52. The van der Waals surface area contributed by atoms with Gasteiger partial charge >= 0.3 is 0 Å². The fourth-order valence-electron chi connectivity index (χ4n) is 2.87. The number of hydrogen-bond acceptors (Lipinski definition) is 3. The molecule has 1 aliphatic heterocycles. The zero-order valence-electron chi connectivity index (χ0n) is 13.7. The predicted octanol–water partition coefficient (Wildman–Crippen LogP) is 3.75. The molecule has 0 aromatic heterocycles. The summed E-state index contributed by atoms with van der Waals surface area (Å²) >= 11 is 0. The Labute approximate surface area is 129 Å². The molecule has 21 heavy (non-hydrogen) atoms. The molecule has 1 fully saturated rings. The molecule has 0 unspecified atom stereocenters. The second-order valence-corrected chi connectivity index (χ2v) is 5.95. The van der Waals surface area contributed by atoms with Gasteiger partial charge in [0.05, 0.1) is 6.61 Å². The topological polar surface area (TPSA) is 24.5 Å². The smallest absolute Gasteiger partial charge is 0.119 e. The van der Waals surface area contributed by atoms with Gasteiger partial charge in [0, 0.05) is 31.9 Å². The minimum atomic E-state index is 0.843. The highest BCUT2D eigenvalue weighted by atomic mass is 16.5. The van der Waals surface area contributed by atoms with E-state index in [0.29, 0.717) is 0 Å². The van der Waals surface area contributed by atoms with Crippen molar-refractivity contribution in [2.75, 3.05) is 37.7 Å². The number of benzene rings is 1. The lowest BCUT2D eigenvalue weighted by Gasteiger charge is -2.30. The summed E-state index contributed by atoms with van der Waals surface area (Å²) in [4.78, 5) is 2.46. The first kappa shape index (κ1) is 16.2. The highest BCUT2D eigenvalue weighted by Crippen LogP contribution is 2.25. The van der Waals surface area contributed by atoms with Crippen molar-refractivity contribution in [2.45, 2.75) is 46.0 Å². The van der Waals surface area contributed by atoms with Gasteiger partial charge in [-0.25, -0.2) is 0 Å². The summed E-state index contributed by atoms with van der Waals surface area (Å²) in [6.07, 6.45) is 6.43. The maximum absolute atomic E-state index is 5.88. The summed E-state index contributed by atoms with van der Waals surface area (Å²) in [7, 11) is 0. The Morgan fingerprint density at radius 2 is 1.86 bits per heavy atom. The maximum atomic E-state index is 5.88. The normalized spacial score (nSPS) is 15.2. The predicted molar refractivity (Wildman–Crippen MR) is 90.5 cm³/mol. The van der Waals surface area contributed by atoms with Crippen molar-refractivity contribution >= 4 is 5.69 Å². The highest BCUT2D eigenvalue weighted by molar-refractivity contribution is 5.56. The van der Waals surface area contributed by atoms with Crippen molar-refractivity contribution in [3.63, 3.8) is 0 Å². The van der Waals surface area contributed by atoms with E-state index < -0.39 is 0 Å². The summed E-state index contributed by atoms with van der Waals surface area (Å²) in [5.41, 5.74) is 2.67. The van der Waals surface area contributed by atoms with Crippen molar-refractivity contribution in [1.29, 1.82) is 0 Å². The molecule has 2 rings (SSSR count). The number of nitrogens with one attached hydrogen (secondary N) is 1. The second-order valence-electron chi connectivity index (χ2n) is 5.95. The standard InChI is InChI=1S/C18H30N2O/c1-3-4-5-6-7-14-21-17-8-9-18(16(2)15-17)20-12-10-19-11-13-20/h8-9,15,19H,3-7,10-14H2,1-2H3. The molecule has 1 N–H and O–H groups in total. The van der Waals surface area contributed by atoms with Gasteiger partial charge < -0.3 is 15.0 Å². The number of rotatable bonds is 8. The van der Waals surface area contributed by atoms with Gasteiger partial charge in [0.15, 0.2) is 0 Å². The van der Waals surface area contributed by atoms with Crippen molar-refractivity contribution in [3.8, 4) is 5.75 Å². The molecule has 0 saturated carbocycles. The monoisotopic (exact) mass is 290 g/mol. The molecular weight excluding hydrogens is 260 g/mol. The van der Waals surface area contributed by atoms with E-state index in [0.717, 1.165) is 38.5 Å². The molecular formula is C18H30N2O. The van der Waals surface area contributed by atoms with Gasteiger partial charge in [0.1, 0.15) is 5.75 Å². The largest absolute Gasteiger partial charge is 0.494 e. The van der Waals surface area contributed by atoms with Crippen LogP contribution in [-0.4, -0.2) is 32.8 Å². The van der Waals surface area contributed by atoms with E-state index in [-0.39, 0.29) is 0 Å². The van der Waals surface area contributed by atoms with Gasteiger partial charge in [-0.3, -0.25) is 0 Å². The Morgan fingerprint density at radius 3 is 2.57 bits per heavy atom. The minimum absolute atomic E-state index is 0.843. The van der Waals surface area contributed by atoms with Crippen LogP contribution in [0.4, 0.5) is 5.69 Å². The molecule has 1 heterocycles. The number of piperazine rings is 1. The second kappa shape index (κ2) is 8.93. The molecule has 1 aromatic carbocycles. The highest BCUT2D eigenvalue weighted by Gasteiger charge is 2.12. The van der Waals surface area contributed by atoms with Crippen LogP contribution in [0, 0.1) is 6.92 Å². The van der Waals surface area contributed by atoms with Gasteiger partial charge in [-0.15, -0.1) is 0 Å². The van der Waals surface area contributed by atoms with E-state index in [4.69, 9.17) is 4.74 Å². The van der Waals surface area contributed by atoms with Crippen LogP contribution in [0.1, 0.15) is 44.6 Å². The van der Waals surface area contributed by atoms with Gasteiger partial charge in [0.25, 0.3) is 0 Å². The van der Waals surface area contributed by atoms with E-state index in [2.05, 4.69) is 42.3 Å². The number of ether oxygens (including phenoxy) is 1. The van der Waals surface area contributed by atoms with Gasteiger partial charge in [-0.05, 0) is 37.1 Å². The lowest BCUT2D eigenvalue weighted by molar-refractivity contribution is 0.304. The zero-order chi connectivity index (χ0) is 14.9. The van der Waals surface area contributed by atoms with E-state index in [1.165, 1.54) is 43.4 Å². The summed E-state index contributed by atoms with van der Waals surface area (Å²) in [5.74, 6) is 1.02. The summed E-state index contributed by atoms with van der Waals surface area (Å²) < 4.78 is 5.88. The maximum Gasteiger partial charge on any atom is 0.119 e. The van der Waals surface area contributed by atoms with Crippen LogP contribution in [0.25, 0.3) is 0 Å². The van der Waals surface area contributed by atoms with E-state index in [9.17, 15) is 0 Å². The zero-order valence-corrected chi connectivity index (χ0v) is 13.7. The van der Waals surface area contributed by atoms with Crippen LogP contribution in [-0.2, 0) is 0 Å². The molecule has 0 atom stereocenters. The Morgan fingerprint density at radius 1 is 1.10 bits per heavy atom. The fourth-order valence-corrected chi connectivity index (χ4v) is 2.87. The van der Waals surface area contributed by atoms with Crippen LogP contribution < -0.4 is 15.0 Å². The molecule has 0 spiro atoms. The number of unbranched alkanes of at least 4 members (excludes halogenated alkanes) is 4. The van der Waals surface area contributed by atoms with Crippen molar-refractivity contribution in [1.82, 2.24) is 5.32 Å². The molecule has 1 aromatic rings. The van der Waals surface area contributed by atoms with Gasteiger partial charge in [-0.2, -0.15) is 0 Å². The first-order valence-corrected chi connectivity index (χ1v) is 8.50. The lowest BCUT2D eigenvalue weighted by atomic mass is 10.1. The molecule has 0 radical (unpaired) electrons. The number of nitrogens with zero attached hydrogens (tertiary/aromatic N) is 1. The molecule has 3 heteroatoms. The third-order valence-electron chi connectivity index (χ3n) is 4.14. The Balaban J connectivity index is 1.78. The van der Waals surface area contributed by atoms with Crippen LogP contribution in [0.3, 0.4) is 0 Å². The van der Waals surface area contributed by atoms with Gasteiger partial charge in [-0.1, -0.05) is 32.6 Å². The fraction of sp³-hybridized carbons (Fsp3) is 0.667. The van der Waals surface area contributed by atoms with Crippen LogP contribution >= 0.6 is 0 Å². The Kier molecular flexibility index (Phi) is 6.87. The van der Waals surface area contributed by atoms with Crippen molar-refractivity contribution < 1.29 is 4.74 Å². The van der Waals surface area contributed by atoms with Crippen LogP contribution in [0.2, 0.25) is 0 Å². The molecule has 0 aliphatic carbocycles. The van der Waals surface area contributed by atoms with Crippen molar-refractivity contribution in [3.05, 3.63) is 23.8 Å². The third-order valence-corrected chi connectivity index (χ3v) is 4.14. The minimum Gasteiger partial charge on any atom is -0.494 e. The average Bonchev–Trinajstić information content (AvgIpc) is 2.52.